The number of amides is 1. The van der Waals surface area contributed by atoms with Crippen LogP contribution in [0.4, 0.5) is 0 Å². The molecule has 0 radical (unpaired) electrons. The van der Waals surface area contributed by atoms with Gasteiger partial charge in [0.15, 0.2) is 5.65 Å². The summed E-state index contributed by atoms with van der Waals surface area (Å²) in [4.78, 5) is 21.0. The van der Waals surface area contributed by atoms with Crippen LogP contribution in [0.2, 0.25) is 0 Å². The van der Waals surface area contributed by atoms with Crippen molar-refractivity contribution in [1.82, 2.24) is 19.5 Å². The third-order valence-electron chi connectivity index (χ3n) is 5.71. The fraction of sp³-hybridized carbons (Fsp3) is 0.320. The van der Waals surface area contributed by atoms with Gasteiger partial charge >= 0.3 is 0 Å². The zero-order chi connectivity index (χ0) is 22.5. The van der Waals surface area contributed by atoms with Crippen molar-refractivity contribution in [3.05, 3.63) is 82.4 Å². The third kappa shape index (κ3) is 5.23. The fourth-order valence-electron chi connectivity index (χ4n) is 4.08. The Labute approximate surface area is 196 Å². The summed E-state index contributed by atoms with van der Waals surface area (Å²) in [6, 6.07) is 13.9. The van der Waals surface area contributed by atoms with E-state index in [0.717, 1.165) is 37.2 Å². The van der Waals surface area contributed by atoms with Crippen LogP contribution in [-0.4, -0.2) is 51.3 Å². The van der Waals surface area contributed by atoms with Crippen molar-refractivity contribution in [1.29, 1.82) is 0 Å². The lowest BCUT2D eigenvalue weighted by Gasteiger charge is -2.25. The smallest absolute Gasteiger partial charge is 0.259 e. The molecule has 170 valence electrons. The number of hydrogen-bond donors (Lipinski definition) is 0. The Bertz CT molecular complexity index is 1200. The Balaban J connectivity index is 1.32. The zero-order valence-corrected chi connectivity index (χ0v) is 19.1. The SMILES string of the molecule is O=C(c1cnn2cccnc12)N(Cc1cccc(OCCc2cccs2)c1)C[C@H]1CCCO1. The molecule has 1 saturated heterocycles. The van der Waals surface area contributed by atoms with E-state index in [-0.39, 0.29) is 12.0 Å². The largest absolute Gasteiger partial charge is 0.493 e. The van der Waals surface area contributed by atoms with Gasteiger partial charge in [-0.3, -0.25) is 4.79 Å². The summed E-state index contributed by atoms with van der Waals surface area (Å²) in [6.07, 6.45) is 7.98. The van der Waals surface area contributed by atoms with Gasteiger partial charge in [-0.05, 0) is 48.1 Å². The molecule has 7 nitrogen and oxygen atoms in total. The zero-order valence-electron chi connectivity index (χ0n) is 18.3. The number of fused-ring (bicyclic) bond motifs is 1. The first-order valence-electron chi connectivity index (χ1n) is 11.2. The van der Waals surface area contributed by atoms with Crippen LogP contribution in [0.3, 0.4) is 0 Å². The first-order chi connectivity index (χ1) is 16.3. The topological polar surface area (TPSA) is 69.0 Å². The molecule has 0 saturated carbocycles. The summed E-state index contributed by atoms with van der Waals surface area (Å²) in [5.74, 6) is 0.717. The highest BCUT2D eigenvalue weighted by molar-refractivity contribution is 7.09. The molecule has 0 aliphatic carbocycles. The van der Waals surface area contributed by atoms with Gasteiger partial charge in [0.25, 0.3) is 5.91 Å². The maximum Gasteiger partial charge on any atom is 0.259 e. The van der Waals surface area contributed by atoms with Gasteiger partial charge in [0.2, 0.25) is 0 Å². The average Bonchev–Trinajstić information content (AvgIpc) is 3.61. The molecular formula is C25H26N4O3S. The summed E-state index contributed by atoms with van der Waals surface area (Å²) >= 11 is 1.74. The second-order valence-corrected chi connectivity index (χ2v) is 9.12. The molecule has 5 rings (SSSR count). The Hall–Kier alpha value is -3.23. The normalized spacial score (nSPS) is 15.7. The number of thiophene rings is 1. The summed E-state index contributed by atoms with van der Waals surface area (Å²) < 4.78 is 13.4. The first kappa shape index (κ1) is 21.6. The molecule has 0 unspecified atom stereocenters. The minimum atomic E-state index is -0.0942. The second-order valence-electron chi connectivity index (χ2n) is 8.09. The number of hydrogen-bond acceptors (Lipinski definition) is 6. The molecule has 1 atom stereocenters. The van der Waals surface area contributed by atoms with Gasteiger partial charge in [-0.2, -0.15) is 5.10 Å². The van der Waals surface area contributed by atoms with E-state index in [1.54, 1.807) is 40.5 Å². The molecule has 0 N–H and O–H groups in total. The lowest BCUT2D eigenvalue weighted by molar-refractivity contribution is 0.0508. The van der Waals surface area contributed by atoms with Crippen molar-refractivity contribution in [2.45, 2.75) is 31.9 Å². The van der Waals surface area contributed by atoms with Gasteiger partial charge in [-0.25, -0.2) is 9.50 Å². The number of benzene rings is 1. The Morgan fingerprint density at radius 3 is 3.09 bits per heavy atom. The van der Waals surface area contributed by atoms with Gasteiger partial charge in [0.1, 0.15) is 11.3 Å². The molecular weight excluding hydrogens is 436 g/mol. The van der Waals surface area contributed by atoms with E-state index in [0.29, 0.717) is 30.9 Å². The lowest BCUT2D eigenvalue weighted by atomic mass is 10.1. The van der Waals surface area contributed by atoms with E-state index in [1.807, 2.05) is 29.2 Å². The van der Waals surface area contributed by atoms with Gasteiger partial charge in [-0.15, -0.1) is 11.3 Å². The van der Waals surface area contributed by atoms with E-state index >= 15 is 0 Å². The van der Waals surface area contributed by atoms with E-state index in [9.17, 15) is 4.79 Å². The molecule has 0 spiro atoms. The van der Waals surface area contributed by atoms with Crippen LogP contribution in [0.1, 0.15) is 33.6 Å². The van der Waals surface area contributed by atoms with Crippen LogP contribution in [-0.2, 0) is 17.7 Å². The van der Waals surface area contributed by atoms with Crippen molar-refractivity contribution in [3.63, 3.8) is 0 Å². The molecule has 1 amide bonds. The Kier molecular flexibility index (Phi) is 6.64. The molecule has 1 fully saturated rings. The minimum Gasteiger partial charge on any atom is -0.493 e. The summed E-state index contributed by atoms with van der Waals surface area (Å²) in [5.41, 5.74) is 2.07. The van der Waals surface area contributed by atoms with Gasteiger partial charge in [-0.1, -0.05) is 18.2 Å². The number of aromatic nitrogens is 3. The summed E-state index contributed by atoms with van der Waals surface area (Å²) in [7, 11) is 0. The molecule has 4 aromatic rings. The molecule has 1 aliphatic heterocycles. The minimum absolute atomic E-state index is 0.0500. The van der Waals surface area contributed by atoms with Crippen LogP contribution in [0.25, 0.3) is 5.65 Å². The van der Waals surface area contributed by atoms with E-state index in [4.69, 9.17) is 9.47 Å². The number of ether oxygens (including phenoxy) is 2. The standard InChI is InChI=1S/C25H26N4O3S/c30-25(23-16-27-29-11-4-10-26-24(23)29)28(18-21-7-2-12-31-21)17-19-5-1-6-20(15-19)32-13-9-22-8-3-14-33-22/h1,3-6,8,10-11,14-16,21H,2,7,9,12-13,17-18H2/t21-/m1/s1. The van der Waals surface area contributed by atoms with Crippen molar-refractivity contribution in [3.8, 4) is 5.75 Å². The van der Waals surface area contributed by atoms with E-state index in [2.05, 4.69) is 27.6 Å². The molecule has 3 aromatic heterocycles. The first-order valence-corrected chi connectivity index (χ1v) is 12.1. The van der Waals surface area contributed by atoms with E-state index < -0.39 is 0 Å². The Morgan fingerprint density at radius 1 is 1.27 bits per heavy atom. The Morgan fingerprint density at radius 2 is 2.24 bits per heavy atom. The molecule has 1 aliphatic rings. The van der Waals surface area contributed by atoms with Gasteiger partial charge in [0.05, 0.1) is 18.9 Å². The van der Waals surface area contributed by atoms with Crippen LogP contribution in [0.15, 0.2) is 66.4 Å². The van der Waals surface area contributed by atoms with Crippen molar-refractivity contribution in [2.24, 2.45) is 0 Å². The van der Waals surface area contributed by atoms with Crippen molar-refractivity contribution < 1.29 is 14.3 Å². The highest BCUT2D eigenvalue weighted by Crippen LogP contribution is 2.21. The summed E-state index contributed by atoms with van der Waals surface area (Å²) in [5, 5.41) is 6.36. The predicted octanol–water partition coefficient (Wildman–Crippen LogP) is 4.23. The van der Waals surface area contributed by atoms with Crippen molar-refractivity contribution >= 4 is 22.9 Å². The fourth-order valence-corrected chi connectivity index (χ4v) is 4.77. The van der Waals surface area contributed by atoms with Crippen LogP contribution in [0.5, 0.6) is 5.75 Å². The average molecular weight is 463 g/mol. The predicted molar refractivity (Wildman–Crippen MR) is 127 cm³/mol. The maximum absolute atomic E-state index is 13.5. The van der Waals surface area contributed by atoms with Crippen LogP contribution >= 0.6 is 11.3 Å². The number of carbonyl (C=O) groups excluding carboxylic acids is 1. The monoisotopic (exact) mass is 462 g/mol. The lowest BCUT2D eigenvalue weighted by Crippen LogP contribution is -2.37. The van der Waals surface area contributed by atoms with Gasteiger partial charge in [0, 0.05) is 43.4 Å². The van der Waals surface area contributed by atoms with Crippen LogP contribution < -0.4 is 4.74 Å². The number of nitrogens with zero attached hydrogens (tertiary/aromatic N) is 4. The molecule has 4 heterocycles. The quantitative estimate of drug-likeness (QED) is 0.372. The molecule has 0 bridgehead atoms. The maximum atomic E-state index is 13.5. The molecule has 1 aromatic carbocycles. The van der Waals surface area contributed by atoms with Crippen LogP contribution in [0, 0.1) is 0 Å². The molecule has 8 heteroatoms. The van der Waals surface area contributed by atoms with Gasteiger partial charge < -0.3 is 14.4 Å². The highest BCUT2D eigenvalue weighted by atomic mass is 32.1. The third-order valence-corrected chi connectivity index (χ3v) is 6.65. The summed E-state index contributed by atoms with van der Waals surface area (Å²) in [6.45, 7) is 2.37. The van der Waals surface area contributed by atoms with Crippen molar-refractivity contribution in [2.75, 3.05) is 19.8 Å². The number of rotatable bonds is 9. The molecule has 33 heavy (non-hydrogen) atoms. The highest BCUT2D eigenvalue weighted by Gasteiger charge is 2.26. The number of carbonyl (C=O) groups is 1. The van der Waals surface area contributed by atoms with E-state index in [1.165, 1.54) is 4.88 Å². The second kappa shape index (κ2) is 10.1.